The molecule has 0 fully saturated rings. The average Bonchev–Trinajstić information content (AvgIpc) is 2.22. The first-order chi connectivity index (χ1) is 8.26. The van der Waals surface area contributed by atoms with Crippen molar-refractivity contribution in [2.45, 2.75) is 39.7 Å². The molecule has 0 aromatic rings. The Bertz CT molecular complexity index is 279. The zero-order valence-electron chi connectivity index (χ0n) is 11.6. The van der Waals surface area contributed by atoms with Gasteiger partial charge in [0.25, 0.3) is 0 Å². The SMILES string of the molecule is COCCC(C)(C)CNC(=O)NC(C)CC(=O)O. The van der Waals surface area contributed by atoms with Crippen molar-refractivity contribution in [2.75, 3.05) is 20.3 Å². The number of hydrogen-bond donors (Lipinski definition) is 3. The minimum absolute atomic E-state index is 0.0522. The molecule has 6 nitrogen and oxygen atoms in total. The van der Waals surface area contributed by atoms with Crippen molar-refractivity contribution in [2.24, 2.45) is 5.41 Å². The summed E-state index contributed by atoms with van der Waals surface area (Å²) in [6, 6.07) is -0.723. The van der Waals surface area contributed by atoms with Gasteiger partial charge >= 0.3 is 12.0 Å². The normalized spacial score (nSPS) is 12.9. The fraction of sp³-hybridized carbons (Fsp3) is 0.833. The Morgan fingerprint density at radius 1 is 1.39 bits per heavy atom. The van der Waals surface area contributed by atoms with Gasteiger partial charge in [0.1, 0.15) is 0 Å². The lowest BCUT2D eigenvalue weighted by molar-refractivity contribution is -0.137. The number of carbonyl (C=O) groups is 2. The molecule has 0 aliphatic rings. The summed E-state index contributed by atoms with van der Waals surface area (Å²) in [6.45, 7) is 6.89. The molecule has 1 unspecified atom stereocenters. The Kier molecular flexibility index (Phi) is 7.35. The standard InChI is InChI=1S/C12H24N2O4/c1-9(7-10(15)16)14-11(17)13-8-12(2,3)5-6-18-4/h9H,5-8H2,1-4H3,(H,15,16)(H2,13,14,17). The van der Waals surface area contributed by atoms with Crippen LogP contribution in [-0.2, 0) is 9.53 Å². The Hall–Kier alpha value is -1.30. The number of urea groups is 1. The molecule has 18 heavy (non-hydrogen) atoms. The van der Waals surface area contributed by atoms with Gasteiger partial charge in [-0.2, -0.15) is 0 Å². The minimum atomic E-state index is -0.928. The van der Waals surface area contributed by atoms with Crippen molar-refractivity contribution in [1.82, 2.24) is 10.6 Å². The highest BCUT2D eigenvalue weighted by molar-refractivity contribution is 5.75. The molecule has 0 bridgehead atoms. The molecular formula is C12H24N2O4. The van der Waals surface area contributed by atoms with Gasteiger partial charge in [0.2, 0.25) is 0 Å². The summed E-state index contributed by atoms with van der Waals surface area (Å²) in [5, 5.41) is 13.9. The highest BCUT2D eigenvalue weighted by Gasteiger charge is 2.19. The quantitative estimate of drug-likeness (QED) is 0.612. The van der Waals surface area contributed by atoms with Gasteiger partial charge in [0, 0.05) is 26.3 Å². The number of hydrogen-bond acceptors (Lipinski definition) is 3. The first kappa shape index (κ1) is 16.7. The lowest BCUT2D eigenvalue weighted by atomic mass is 9.90. The highest BCUT2D eigenvalue weighted by Crippen LogP contribution is 2.18. The molecule has 0 aliphatic carbocycles. The van der Waals surface area contributed by atoms with Crippen LogP contribution in [0.2, 0.25) is 0 Å². The zero-order valence-corrected chi connectivity index (χ0v) is 11.6. The molecule has 0 aromatic carbocycles. The lowest BCUT2D eigenvalue weighted by Gasteiger charge is -2.25. The van der Waals surface area contributed by atoms with Gasteiger partial charge in [-0.25, -0.2) is 4.79 Å². The molecule has 0 rings (SSSR count). The molecule has 0 spiro atoms. The molecule has 0 aromatic heterocycles. The number of carbonyl (C=O) groups excluding carboxylic acids is 1. The van der Waals surface area contributed by atoms with Crippen molar-refractivity contribution in [3.8, 4) is 0 Å². The van der Waals surface area contributed by atoms with E-state index in [4.69, 9.17) is 9.84 Å². The molecule has 0 saturated heterocycles. The van der Waals surface area contributed by atoms with Crippen molar-refractivity contribution in [3.05, 3.63) is 0 Å². The lowest BCUT2D eigenvalue weighted by Crippen LogP contribution is -2.44. The van der Waals surface area contributed by atoms with E-state index in [0.29, 0.717) is 13.2 Å². The van der Waals surface area contributed by atoms with Crippen molar-refractivity contribution in [1.29, 1.82) is 0 Å². The number of aliphatic carboxylic acids is 1. The molecule has 0 heterocycles. The summed E-state index contributed by atoms with van der Waals surface area (Å²) in [5.41, 5.74) is -0.0522. The van der Waals surface area contributed by atoms with Gasteiger partial charge in [-0.1, -0.05) is 13.8 Å². The summed E-state index contributed by atoms with van der Waals surface area (Å²) in [7, 11) is 1.64. The smallest absolute Gasteiger partial charge is 0.315 e. The Labute approximate surface area is 108 Å². The molecule has 1 atom stereocenters. The highest BCUT2D eigenvalue weighted by atomic mass is 16.5. The predicted octanol–water partition coefficient (Wildman–Crippen LogP) is 1.21. The van der Waals surface area contributed by atoms with E-state index >= 15 is 0 Å². The van der Waals surface area contributed by atoms with Gasteiger partial charge in [-0.15, -0.1) is 0 Å². The predicted molar refractivity (Wildman–Crippen MR) is 68.5 cm³/mol. The van der Waals surface area contributed by atoms with Crippen molar-refractivity contribution < 1.29 is 19.4 Å². The van der Waals surface area contributed by atoms with Crippen LogP contribution in [-0.4, -0.2) is 43.4 Å². The maximum Gasteiger partial charge on any atom is 0.315 e. The second-order valence-electron chi connectivity index (χ2n) is 5.23. The third-order valence-corrected chi connectivity index (χ3v) is 2.57. The van der Waals surface area contributed by atoms with E-state index in [2.05, 4.69) is 10.6 Å². The molecule has 2 amide bonds. The van der Waals surface area contributed by atoms with Crippen LogP contribution in [0.5, 0.6) is 0 Å². The Balaban J connectivity index is 3.91. The van der Waals surface area contributed by atoms with Gasteiger partial charge < -0.3 is 20.5 Å². The average molecular weight is 260 g/mol. The van der Waals surface area contributed by atoms with E-state index in [1.807, 2.05) is 13.8 Å². The van der Waals surface area contributed by atoms with Crippen LogP contribution in [0.4, 0.5) is 4.79 Å². The van der Waals surface area contributed by atoms with Gasteiger partial charge in [0.05, 0.1) is 6.42 Å². The third kappa shape index (κ3) is 8.81. The van der Waals surface area contributed by atoms with Gasteiger partial charge in [0.15, 0.2) is 0 Å². The van der Waals surface area contributed by atoms with Gasteiger partial charge in [-0.05, 0) is 18.8 Å². The largest absolute Gasteiger partial charge is 0.481 e. The van der Waals surface area contributed by atoms with Crippen LogP contribution in [0.1, 0.15) is 33.6 Å². The topological polar surface area (TPSA) is 87.7 Å². The fourth-order valence-electron chi connectivity index (χ4n) is 1.37. The first-order valence-corrected chi connectivity index (χ1v) is 6.02. The number of amides is 2. The van der Waals surface area contributed by atoms with Crippen LogP contribution in [0.15, 0.2) is 0 Å². The monoisotopic (exact) mass is 260 g/mol. The third-order valence-electron chi connectivity index (χ3n) is 2.57. The molecule has 106 valence electrons. The van der Waals surface area contributed by atoms with Crippen molar-refractivity contribution >= 4 is 12.0 Å². The molecule has 0 saturated carbocycles. The first-order valence-electron chi connectivity index (χ1n) is 6.02. The summed E-state index contributed by atoms with van der Waals surface area (Å²) >= 11 is 0. The van der Waals surface area contributed by atoms with Crippen LogP contribution in [0.3, 0.4) is 0 Å². The van der Waals surface area contributed by atoms with Crippen LogP contribution in [0.25, 0.3) is 0 Å². The molecule has 0 aliphatic heterocycles. The zero-order chi connectivity index (χ0) is 14.2. The minimum Gasteiger partial charge on any atom is -0.481 e. The summed E-state index contributed by atoms with van der Waals surface area (Å²) in [4.78, 5) is 22.0. The number of methoxy groups -OCH3 is 1. The fourth-order valence-corrected chi connectivity index (χ4v) is 1.37. The number of ether oxygens (including phenoxy) is 1. The van der Waals surface area contributed by atoms with E-state index in [9.17, 15) is 9.59 Å². The summed E-state index contributed by atoms with van der Waals surface area (Å²) in [5.74, 6) is -0.928. The van der Waals surface area contributed by atoms with E-state index in [0.717, 1.165) is 6.42 Å². The molecule has 0 radical (unpaired) electrons. The second-order valence-corrected chi connectivity index (χ2v) is 5.23. The number of carboxylic acid groups (broad SMARTS) is 1. The number of nitrogens with one attached hydrogen (secondary N) is 2. The second kappa shape index (κ2) is 7.92. The Morgan fingerprint density at radius 2 is 2.00 bits per heavy atom. The summed E-state index contributed by atoms with van der Waals surface area (Å²) in [6.07, 6.45) is 0.759. The maximum atomic E-state index is 11.5. The van der Waals surface area contributed by atoms with Crippen LogP contribution >= 0.6 is 0 Å². The molecule has 3 N–H and O–H groups in total. The number of rotatable bonds is 8. The van der Waals surface area contributed by atoms with E-state index in [-0.39, 0.29) is 23.9 Å². The van der Waals surface area contributed by atoms with E-state index in [1.54, 1.807) is 14.0 Å². The van der Waals surface area contributed by atoms with Crippen molar-refractivity contribution in [3.63, 3.8) is 0 Å². The summed E-state index contributed by atoms with van der Waals surface area (Å²) < 4.78 is 5.00. The number of carboxylic acids is 1. The van der Waals surface area contributed by atoms with Crippen LogP contribution < -0.4 is 10.6 Å². The Morgan fingerprint density at radius 3 is 2.50 bits per heavy atom. The van der Waals surface area contributed by atoms with Crippen LogP contribution in [0, 0.1) is 5.41 Å². The molecule has 6 heteroatoms. The van der Waals surface area contributed by atoms with Gasteiger partial charge in [-0.3, -0.25) is 4.79 Å². The van der Waals surface area contributed by atoms with E-state index in [1.165, 1.54) is 0 Å². The maximum absolute atomic E-state index is 11.5. The molecular weight excluding hydrogens is 236 g/mol. The van der Waals surface area contributed by atoms with E-state index < -0.39 is 5.97 Å².